The highest BCUT2D eigenvalue weighted by atomic mass is 16.5. The number of carbonyl (C=O) groups excluding carboxylic acids is 1. The number of allylic oxidation sites excluding steroid dienone is 2. The van der Waals surface area contributed by atoms with Gasteiger partial charge in [-0.1, -0.05) is 60.7 Å². The number of hydrogen-bond acceptors (Lipinski definition) is 5. The molecule has 0 spiro atoms. The molecule has 0 bridgehead atoms. The molecule has 35 heavy (non-hydrogen) atoms. The topological polar surface area (TPSA) is 86.3 Å². The molecule has 3 aromatic rings. The largest absolute Gasteiger partial charge is 0.366 e. The Labute approximate surface area is 205 Å². The zero-order valence-electron chi connectivity index (χ0n) is 20.2. The van der Waals surface area contributed by atoms with Crippen molar-refractivity contribution in [3.05, 3.63) is 95.6 Å². The van der Waals surface area contributed by atoms with Crippen molar-refractivity contribution in [1.82, 2.24) is 19.7 Å². The number of aryl methyl sites for hydroxylation is 1. The third kappa shape index (κ3) is 5.11. The smallest absolute Gasteiger partial charge is 0.288 e. The van der Waals surface area contributed by atoms with E-state index in [1.54, 1.807) is 11.6 Å². The minimum atomic E-state index is -0.632. The molecule has 2 unspecified atom stereocenters. The molecule has 7 nitrogen and oxygen atoms in total. The number of likely N-dealkylation sites (tertiary alicyclic amines) is 1. The van der Waals surface area contributed by atoms with Crippen LogP contribution in [0.3, 0.4) is 0 Å². The number of primary amides is 1. The van der Waals surface area contributed by atoms with E-state index in [-0.39, 0.29) is 11.9 Å². The molecule has 2 aliphatic rings. The Balaban J connectivity index is 1.38. The molecule has 2 heterocycles. The molecule has 1 fully saturated rings. The Bertz CT molecular complexity index is 1260. The molecule has 1 aliphatic carbocycles. The van der Waals surface area contributed by atoms with E-state index in [0.29, 0.717) is 5.82 Å². The average Bonchev–Trinajstić information content (AvgIpc) is 3.45. The summed E-state index contributed by atoms with van der Waals surface area (Å²) in [5.41, 5.74) is 9.41. The highest BCUT2D eigenvalue weighted by molar-refractivity contribution is 5.88. The van der Waals surface area contributed by atoms with Gasteiger partial charge in [0.1, 0.15) is 5.82 Å². The monoisotopic (exact) mass is 469 g/mol. The summed E-state index contributed by atoms with van der Waals surface area (Å²) >= 11 is 0. The quantitative estimate of drug-likeness (QED) is 0.570. The number of benzene rings is 2. The lowest BCUT2D eigenvalue weighted by Crippen LogP contribution is -2.38. The van der Waals surface area contributed by atoms with Gasteiger partial charge < -0.3 is 15.4 Å². The highest BCUT2D eigenvalue weighted by Crippen LogP contribution is 2.35. The first-order chi connectivity index (χ1) is 16.9. The number of carbonyl (C=O) groups is 1. The molecule has 2 atom stereocenters. The van der Waals surface area contributed by atoms with E-state index in [1.165, 1.54) is 16.7 Å². The van der Waals surface area contributed by atoms with Crippen molar-refractivity contribution in [3.63, 3.8) is 0 Å². The fourth-order valence-electron chi connectivity index (χ4n) is 4.93. The predicted octanol–water partition coefficient (Wildman–Crippen LogP) is 3.72. The Morgan fingerprint density at radius 3 is 2.54 bits per heavy atom. The van der Waals surface area contributed by atoms with Crippen molar-refractivity contribution >= 4 is 11.5 Å². The normalized spacial score (nSPS) is 22.3. The summed E-state index contributed by atoms with van der Waals surface area (Å²) in [5, 5.41) is 4.23. The van der Waals surface area contributed by atoms with Crippen molar-refractivity contribution in [2.24, 2.45) is 5.73 Å². The van der Waals surface area contributed by atoms with Crippen LogP contribution in [-0.2, 0) is 11.2 Å². The lowest BCUT2D eigenvalue weighted by Gasteiger charge is -2.35. The number of likely N-dealkylation sites (N-methyl/N-ethyl adjacent to an activating group) is 1. The highest BCUT2D eigenvalue weighted by Gasteiger charge is 2.35. The van der Waals surface area contributed by atoms with E-state index >= 15 is 0 Å². The SMILES string of the molecule is Cc1nc(C(N)=O)nn1-c1ccc(CC2(OC3CCN(C)C3)C=CC(c3ccccc3)=CC2)cc1. The van der Waals surface area contributed by atoms with Crippen molar-refractivity contribution in [2.45, 2.75) is 37.9 Å². The van der Waals surface area contributed by atoms with Gasteiger partial charge in [0.15, 0.2) is 0 Å². The van der Waals surface area contributed by atoms with Crippen molar-refractivity contribution in [1.29, 1.82) is 0 Å². The number of amides is 1. The number of ether oxygens (including phenoxy) is 1. The molecule has 2 aromatic carbocycles. The second kappa shape index (κ2) is 9.60. The Morgan fingerprint density at radius 1 is 1.17 bits per heavy atom. The lowest BCUT2D eigenvalue weighted by molar-refractivity contribution is -0.0558. The third-order valence-corrected chi connectivity index (χ3v) is 6.76. The second-order valence-corrected chi connectivity index (χ2v) is 9.52. The number of nitrogens with two attached hydrogens (primary N) is 1. The van der Waals surface area contributed by atoms with Gasteiger partial charge in [-0.2, -0.15) is 0 Å². The summed E-state index contributed by atoms with van der Waals surface area (Å²) in [6.45, 7) is 3.82. The summed E-state index contributed by atoms with van der Waals surface area (Å²) in [5.74, 6) is 0.00596. The molecule has 1 aliphatic heterocycles. The van der Waals surface area contributed by atoms with Gasteiger partial charge in [0.05, 0.1) is 17.4 Å². The maximum atomic E-state index is 11.4. The van der Waals surface area contributed by atoms with Crippen LogP contribution < -0.4 is 5.73 Å². The molecule has 1 saturated heterocycles. The number of hydrogen-bond donors (Lipinski definition) is 1. The average molecular weight is 470 g/mol. The first-order valence-corrected chi connectivity index (χ1v) is 12.0. The van der Waals surface area contributed by atoms with Crippen molar-refractivity contribution in [3.8, 4) is 5.69 Å². The molecule has 1 aromatic heterocycles. The van der Waals surface area contributed by atoms with E-state index in [9.17, 15) is 4.79 Å². The van der Waals surface area contributed by atoms with Crippen LogP contribution in [0.5, 0.6) is 0 Å². The molecular formula is C28H31N5O2. The van der Waals surface area contributed by atoms with Gasteiger partial charge >= 0.3 is 0 Å². The summed E-state index contributed by atoms with van der Waals surface area (Å²) in [7, 11) is 2.15. The summed E-state index contributed by atoms with van der Waals surface area (Å²) < 4.78 is 8.45. The van der Waals surface area contributed by atoms with Gasteiger partial charge in [0.2, 0.25) is 5.82 Å². The zero-order chi connectivity index (χ0) is 24.4. The van der Waals surface area contributed by atoms with Crippen molar-refractivity contribution in [2.75, 3.05) is 20.1 Å². The summed E-state index contributed by atoms with van der Waals surface area (Å²) in [6, 6.07) is 18.7. The number of nitrogens with zero attached hydrogens (tertiary/aromatic N) is 4. The zero-order valence-corrected chi connectivity index (χ0v) is 20.2. The second-order valence-electron chi connectivity index (χ2n) is 9.52. The predicted molar refractivity (Wildman–Crippen MR) is 136 cm³/mol. The van der Waals surface area contributed by atoms with E-state index in [0.717, 1.165) is 38.0 Å². The van der Waals surface area contributed by atoms with Gasteiger partial charge in [-0.25, -0.2) is 9.67 Å². The lowest BCUT2D eigenvalue weighted by atomic mass is 9.84. The summed E-state index contributed by atoms with van der Waals surface area (Å²) in [4.78, 5) is 17.9. The summed E-state index contributed by atoms with van der Waals surface area (Å²) in [6.07, 6.45) is 9.62. The molecule has 5 rings (SSSR count). The standard InChI is InChI=1S/C28H31N5O2/c1-20-30-27(26(29)34)31-33(20)24-10-8-21(9-11-24)18-28(35-25-14-17-32(2)19-25)15-12-23(13-16-28)22-6-4-3-5-7-22/h3-13,15,25H,14,16-19H2,1-2H3,(H2,29,34). The first-order valence-electron chi connectivity index (χ1n) is 12.0. The van der Waals surface area contributed by atoms with E-state index in [2.05, 4.69) is 76.7 Å². The van der Waals surface area contributed by atoms with E-state index < -0.39 is 11.5 Å². The van der Waals surface area contributed by atoms with Gasteiger partial charge in [-0.05, 0) is 55.6 Å². The minimum Gasteiger partial charge on any atom is -0.366 e. The van der Waals surface area contributed by atoms with Crippen LogP contribution >= 0.6 is 0 Å². The van der Waals surface area contributed by atoms with Crippen LogP contribution in [0.4, 0.5) is 0 Å². The van der Waals surface area contributed by atoms with Gasteiger partial charge in [-0.3, -0.25) is 4.79 Å². The van der Waals surface area contributed by atoms with Gasteiger partial charge in [-0.15, -0.1) is 5.10 Å². The molecule has 1 amide bonds. The molecule has 0 saturated carbocycles. The maximum absolute atomic E-state index is 11.4. The van der Waals surface area contributed by atoms with Crippen LogP contribution in [-0.4, -0.2) is 57.4 Å². The van der Waals surface area contributed by atoms with E-state index in [4.69, 9.17) is 10.5 Å². The molecular weight excluding hydrogens is 438 g/mol. The van der Waals surface area contributed by atoms with Gasteiger partial charge in [0.25, 0.3) is 5.91 Å². The fourth-order valence-corrected chi connectivity index (χ4v) is 4.93. The van der Waals surface area contributed by atoms with E-state index in [1.807, 2.05) is 18.2 Å². The van der Waals surface area contributed by atoms with Crippen LogP contribution in [0, 0.1) is 6.92 Å². The van der Waals surface area contributed by atoms with Crippen molar-refractivity contribution < 1.29 is 9.53 Å². The maximum Gasteiger partial charge on any atom is 0.288 e. The van der Waals surface area contributed by atoms with Crippen LogP contribution in [0.25, 0.3) is 11.3 Å². The molecule has 0 radical (unpaired) electrons. The molecule has 2 N–H and O–H groups in total. The molecule has 180 valence electrons. The number of aromatic nitrogens is 3. The van der Waals surface area contributed by atoms with Gasteiger partial charge in [0, 0.05) is 19.5 Å². The first kappa shape index (κ1) is 23.2. The van der Waals surface area contributed by atoms with Crippen LogP contribution in [0.1, 0.15) is 40.4 Å². The fraction of sp³-hybridized carbons (Fsp3) is 0.321. The third-order valence-electron chi connectivity index (χ3n) is 6.76. The van der Waals surface area contributed by atoms with Crippen LogP contribution in [0.15, 0.2) is 72.8 Å². The Morgan fingerprint density at radius 2 is 1.94 bits per heavy atom. The molecule has 7 heteroatoms. The van der Waals surface area contributed by atoms with Crippen LogP contribution in [0.2, 0.25) is 0 Å². The number of rotatable bonds is 7. The Kier molecular flexibility index (Phi) is 6.36. The Hall–Kier alpha value is -3.55. The minimum absolute atomic E-state index is 0.0220.